The molecule has 0 bridgehead atoms. The standard InChI is InChI=1S/C28H20BrN5OS/c1-17-8-9-18(2)23(14-17)25-20(16-33(31-25)22-6-4-3-5-7-22)15-24-27(35)34-28(36-24)30-26(32-34)19-10-12-21(29)13-11-19/h3-16H,1-2H3. The molecule has 8 heteroatoms. The molecule has 0 radical (unpaired) electrons. The van der Waals surface area contributed by atoms with Crippen LogP contribution in [0.25, 0.3) is 39.4 Å². The highest BCUT2D eigenvalue weighted by molar-refractivity contribution is 9.10. The second-order valence-corrected chi connectivity index (χ2v) is 10.5. The fraction of sp³-hybridized carbons (Fsp3) is 0.0714. The van der Waals surface area contributed by atoms with E-state index in [1.807, 2.05) is 71.6 Å². The lowest BCUT2D eigenvalue weighted by molar-refractivity contribution is 0.884. The van der Waals surface area contributed by atoms with Crippen molar-refractivity contribution in [2.24, 2.45) is 0 Å². The molecule has 0 N–H and O–H groups in total. The molecule has 3 heterocycles. The number of hydrogen-bond donors (Lipinski definition) is 0. The molecule has 0 unspecified atom stereocenters. The fourth-order valence-corrected chi connectivity index (χ4v) is 5.27. The van der Waals surface area contributed by atoms with E-state index in [1.54, 1.807) is 0 Å². The lowest BCUT2D eigenvalue weighted by atomic mass is 10.0. The van der Waals surface area contributed by atoms with Crippen molar-refractivity contribution in [2.45, 2.75) is 13.8 Å². The van der Waals surface area contributed by atoms with E-state index in [9.17, 15) is 4.79 Å². The minimum Gasteiger partial charge on any atom is -0.266 e. The largest absolute Gasteiger partial charge is 0.291 e. The molecule has 176 valence electrons. The van der Waals surface area contributed by atoms with Crippen molar-refractivity contribution in [3.63, 3.8) is 0 Å². The Labute approximate surface area is 219 Å². The van der Waals surface area contributed by atoms with Crippen LogP contribution in [0.5, 0.6) is 0 Å². The highest BCUT2D eigenvalue weighted by Crippen LogP contribution is 2.28. The Morgan fingerprint density at radius 1 is 0.944 bits per heavy atom. The predicted molar refractivity (Wildman–Crippen MR) is 148 cm³/mol. The highest BCUT2D eigenvalue weighted by Gasteiger charge is 2.16. The van der Waals surface area contributed by atoms with E-state index in [0.29, 0.717) is 15.3 Å². The Kier molecular flexibility index (Phi) is 5.62. The summed E-state index contributed by atoms with van der Waals surface area (Å²) >= 11 is 4.77. The number of rotatable bonds is 4. The summed E-state index contributed by atoms with van der Waals surface area (Å²) in [4.78, 5) is 18.5. The van der Waals surface area contributed by atoms with Crippen LogP contribution < -0.4 is 10.1 Å². The lowest BCUT2D eigenvalue weighted by Gasteiger charge is -2.05. The maximum Gasteiger partial charge on any atom is 0.291 e. The highest BCUT2D eigenvalue weighted by atomic mass is 79.9. The van der Waals surface area contributed by atoms with Crippen molar-refractivity contribution in [2.75, 3.05) is 0 Å². The summed E-state index contributed by atoms with van der Waals surface area (Å²) in [6.45, 7) is 4.14. The van der Waals surface area contributed by atoms with Crippen molar-refractivity contribution >= 4 is 38.3 Å². The maximum atomic E-state index is 13.3. The van der Waals surface area contributed by atoms with E-state index in [0.717, 1.165) is 43.7 Å². The number of hydrogen-bond acceptors (Lipinski definition) is 5. The summed E-state index contributed by atoms with van der Waals surface area (Å²) in [5.41, 5.74) is 6.63. The van der Waals surface area contributed by atoms with E-state index < -0.39 is 0 Å². The zero-order valence-electron chi connectivity index (χ0n) is 19.5. The van der Waals surface area contributed by atoms with E-state index in [1.165, 1.54) is 15.9 Å². The van der Waals surface area contributed by atoms with Crippen LogP contribution in [0.4, 0.5) is 0 Å². The van der Waals surface area contributed by atoms with Gasteiger partial charge in [0.1, 0.15) is 5.69 Å². The minimum absolute atomic E-state index is 0.190. The molecule has 0 aliphatic carbocycles. The molecule has 0 spiro atoms. The first-order chi connectivity index (χ1) is 17.5. The maximum absolute atomic E-state index is 13.3. The van der Waals surface area contributed by atoms with Gasteiger partial charge in [-0.1, -0.05) is 75.3 Å². The molecule has 3 aromatic carbocycles. The van der Waals surface area contributed by atoms with Gasteiger partial charge in [0.05, 0.1) is 10.2 Å². The first-order valence-corrected chi connectivity index (χ1v) is 13.0. The number of nitrogens with zero attached hydrogens (tertiary/aromatic N) is 5. The molecule has 3 aromatic heterocycles. The van der Waals surface area contributed by atoms with E-state index >= 15 is 0 Å². The molecule has 36 heavy (non-hydrogen) atoms. The van der Waals surface area contributed by atoms with Crippen LogP contribution in [0.15, 0.2) is 88.3 Å². The summed E-state index contributed by atoms with van der Waals surface area (Å²) in [6.07, 6.45) is 3.86. The number of halogens is 1. The molecular formula is C28H20BrN5OS. The zero-order valence-corrected chi connectivity index (χ0v) is 21.9. The predicted octanol–water partition coefficient (Wildman–Crippen LogP) is 5.60. The molecule has 0 atom stereocenters. The third-order valence-corrected chi connectivity index (χ3v) is 7.47. The average molecular weight is 554 g/mol. The van der Waals surface area contributed by atoms with Crippen molar-refractivity contribution in [1.29, 1.82) is 0 Å². The Balaban J connectivity index is 1.51. The van der Waals surface area contributed by atoms with Gasteiger partial charge < -0.3 is 0 Å². The Hall–Kier alpha value is -3.88. The van der Waals surface area contributed by atoms with Crippen LogP contribution in [0.2, 0.25) is 0 Å². The van der Waals surface area contributed by atoms with Gasteiger partial charge in [-0.25, -0.2) is 4.68 Å². The van der Waals surface area contributed by atoms with Gasteiger partial charge in [0, 0.05) is 27.4 Å². The van der Waals surface area contributed by atoms with E-state index in [-0.39, 0.29) is 5.56 Å². The molecule has 6 aromatic rings. The number of thiazole rings is 1. The summed E-state index contributed by atoms with van der Waals surface area (Å²) in [5, 5.41) is 9.41. The molecule has 0 saturated carbocycles. The van der Waals surface area contributed by atoms with Crippen LogP contribution in [-0.4, -0.2) is 24.4 Å². The van der Waals surface area contributed by atoms with E-state index in [2.05, 4.69) is 58.1 Å². The van der Waals surface area contributed by atoms with Gasteiger partial charge in [-0.15, -0.1) is 5.10 Å². The normalized spacial score (nSPS) is 12.0. The second-order valence-electron chi connectivity index (χ2n) is 8.58. The third-order valence-electron chi connectivity index (χ3n) is 5.98. The number of fused-ring (bicyclic) bond motifs is 1. The summed E-state index contributed by atoms with van der Waals surface area (Å²) in [5.74, 6) is 0.533. The molecule has 6 nitrogen and oxygen atoms in total. The van der Waals surface area contributed by atoms with Crippen LogP contribution in [0.3, 0.4) is 0 Å². The Morgan fingerprint density at radius 2 is 1.72 bits per heavy atom. The average Bonchev–Trinajstić information content (AvgIpc) is 3.57. The topological polar surface area (TPSA) is 65.1 Å². The molecule has 0 saturated heterocycles. The van der Waals surface area contributed by atoms with Crippen molar-refractivity contribution in [3.8, 4) is 28.3 Å². The van der Waals surface area contributed by atoms with E-state index in [4.69, 9.17) is 5.10 Å². The molecule has 0 fully saturated rings. The number of para-hydroxylation sites is 1. The molecule has 0 aliphatic heterocycles. The summed E-state index contributed by atoms with van der Waals surface area (Å²) in [6, 6.07) is 24.0. The SMILES string of the molecule is Cc1ccc(C)c(-c2nn(-c3ccccc3)cc2C=c2sc3nc(-c4ccc(Br)cc4)nn3c2=O)c1. The zero-order chi connectivity index (χ0) is 24.8. The van der Waals surface area contributed by atoms with Crippen LogP contribution in [0.1, 0.15) is 16.7 Å². The second kappa shape index (κ2) is 8.96. The fourth-order valence-electron chi connectivity index (χ4n) is 4.10. The van der Waals surface area contributed by atoms with Gasteiger partial charge in [-0.2, -0.15) is 14.6 Å². The third kappa shape index (κ3) is 4.08. The van der Waals surface area contributed by atoms with Gasteiger partial charge in [0.2, 0.25) is 4.96 Å². The smallest absolute Gasteiger partial charge is 0.266 e. The Bertz CT molecular complexity index is 1840. The molecule has 6 rings (SSSR count). The number of aryl methyl sites for hydroxylation is 2. The monoisotopic (exact) mass is 553 g/mol. The molecular weight excluding hydrogens is 534 g/mol. The van der Waals surface area contributed by atoms with Gasteiger partial charge >= 0.3 is 0 Å². The number of benzene rings is 3. The van der Waals surface area contributed by atoms with Gasteiger partial charge in [-0.05, 0) is 55.8 Å². The Morgan fingerprint density at radius 3 is 2.47 bits per heavy atom. The summed E-state index contributed by atoms with van der Waals surface area (Å²) in [7, 11) is 0. The minimum atomic E-state index is -0.190. The quantitative estimate of drug-likeness (QED) is 0.285. The van der Waals surface area contributed by atoms with Gasteiger partial charge in [0.25, 0.3) is 5.56 Å². The summed E-state index contributed by atoms with van der Waals surface area (Å²) < 4.78 is 4.78. The van der Waals surface area contributed by atoms with Crippen molar-refractivity contribution in [1.82, 2.24) is 24.4 Å². The van der Waals surface area contributed by atoms with Crippen LogP contribution >= 0.6 is 27.3 Å². The molecule has 0 aliphatic rings. The van der Waals surface area contributed by atoms with Crippen LogP contribution in [-0.2, 0) is 0 Å². The first-order valence-electron chi connectivity index (χ1n) is 11.4. The molecule has 0 amide bonds. The van der Waals surface area contributed by atoms with Crippen molar-refractivity contribution < 1.29 is 0 Å². The van der Waals surface area contributed by atoms with Gasteiger partial charge in [0.15, 0.2) is 5.82 Å². The number of aromatic nitrogens is 5. The van der Waals surface area contributed by atoms with Crippen LogP contribution in [0, 0.1) is 13.8 Å². The first kappa shape index (κ1) is 22.6. The lowest BCUT2D eigenvalue weighted by Crippen LogP contribution is -2.23. The van der Waals surface area contributed by atoms with Crippen molar-refractivity contribution in [3.05, 3.63) is 115 Å². The van der Waals surface area contributed by atoms with Gasteiger partial charge in [-0.3, -0.25) is 4.79 Å².